The number of alkyl halides is 2. The van der Waals surface area contributed by atoms with Gasteiger partial charge in [0.05, 0.1) is 12.2 Å². The van der Waals surface area contributed by atoms with Crippen molar-refractivity contribution >= 4 is 0 Å². The molecule has 88 valence electrons. The number of halogens is 2. The van der Waals surface area contributed by atoms with Crippen LogP contribution in [0.25, 0.3) is 0 Å². The third-order valence-corrected chi connectivity index (χ3v) is 4.03. The smallest absolute Gasteiger partial charge is 0.249 e. The highest BCUT2D eigenvalue weighted by Gasteiger charge is 2.69. The molecule has 2 aliphatic rings. The van der Waals surface area contributed by atoms with Crippen LogP contribution in [0.3, 0.4) is 0 Å². The Bertz CT molecular complexity index is 270. The highest BCUT2D eigenvalue weighted by atomic mass is 19.3. The monoisotopic (exact) mass is 220 g/mol. The van der Waals surface area contributed by atoms with Crippen molar-refractivity contribution in [2.45, 2.75) is 51.1 Å². The predicted octanol–water partition coefficient (Wildman–Crippen LogP) is 1.95. The van der Waals surface area contributed by atoms with Crippen molar-refractivity contribution in [2.75, 3.05) is 6.61 Å². The number of hydrogen-bond donors (Lipinski definition) is 2. The van der Waals surface area contributed by atoms with E-state index in [2.05, 4.69) is 0 Å². The number of hydrogen-bond acceptors (Lipinski definition) is 2. The van der Waals surface area contributed by atoms with Crippen LogP contribution in [-0.4, -0.2) is 28.3 Å². The lowest BCUT2D eigenvalue weighted by molar-refractivity contribution is -0.294. The second kappa shape index (κ2) is 2.72. The molecule has 2 N–H and O–H groups in total. The molecule has 2 saturated carbocycles. The first-order valence-electron chi connectivity index (χ1n) is 5.35. The molecular weight excluding hydrogens is 202 g/mol. The van der Waals surface area contributed by atoms with Gasteiger partial charge in [-0.15, -0.1) is 0 Å². The molecule has 2 nitrogen and oxygen atoms in total. The van der Waals surface area contributed by atoms with Gasteiger partial charge in [-0.25, -0.2) is 8.78 Å². The molecule has 15 heavy (non-hydrogen) atoms. The summed E-state index contributed by atoms with van der Waals surface area (Å²) in [6.45, 7) is 3.67. The molecule has 0 bridgehead atoms. The summed E-state index contributed by atoms with van der Waals surface area (Å²) in [4.78, 5) is 0. The normalized spacial score (nSPS) is 34.0. The molecule has 4 heteroatoms. The summed E-state index contributed by atoms with van der Waals surface area (Å²) in [5, 5.41) is 19.5. The Morgan fingerprint density at radius 1 is 1.07 bits per heavy atom. The van der Waals surface area contributed by atoms with Crippen LogP contribution < -0.4 is 0 Å². The Kier molecular flexibility index (Phi) is 2.04. The van der Waals surface area contributed by atoms with Gasteiger partial charge in [0, 0.05) is 18.3 Å². The quantitative estimate of drug-likeness (QED) is 0.746. The van der Waals surface area contributed by atoms with Gasteiger partial charge in [0.25, 0.3) is 0 Å². The number of aliphatic hydroxyl groups excluding tert-OH is 1. The zero-order valence-electron chi connectivity index (χ0n) is 9.19. The van der Waals surface area contributed by atoms with Gasteiger partial charge in [0.2, 0.25) is 5.92 Å². The highest BCUT2D eigenvalue weighted by Crippen LogP contribution is 2.66. The minimum absolute atomic E-state index is 0.0157. The first-order valence-corrected chi connectivity index (χ1v) is 5.35. The lowest BCUT2D eigenvalue weighted by atomic mass is 9.45. The molecule has 0 radical (unpaired) electrons. The fourth-order valence-electron chi connectivity index (χ4n) is 3.43. The van der Waals surface area contributed by atoms with E-state index in [4.69, 9.17) is 0 Å². The first-order chi connectivity index (χ1) is 6.64. The lowest BCUT2D eigenvalue weighted by Gasteiger charge is -2.64. The molecule has 0 aromatic carbocycles. The van der Waals surface area contributed by atoms with Gasteiger partial charge in [-0.3, -0.25) is 0 Å². The fraction of sp³-hybridized carbons (Fsp3) is 1.00. The standard InChI is InChI=1S/C11H18F2O2/c1-8(2)3-10(15,4-8)9(7-14)5-11(12,13)6-9/h14-15H,3-7H2,1-2H3. The molecule has 0 atom stereocenters. The average molecular weight is 220 g/mol. The molecule has 0 saturated heterocycles. The van der Waals surface area contributed by atoms with Crippen molar-refractivity contribution in [2.24, 2.45) is 10.8 Å². The Morgan fingerprint density at radius 2 is 1.53 bits per heavy atom. The van der Waals surface area contributed by atoms with Gasteiger partial charge >= 0.3 is 0 Å². The van der Waals surface area contributed by atoms with Crippen molar-refractivity contribution < 1.29 is 19.0 Å². The Balaban J connectivity index is 2.10. The third-order valence-electron chi connectivity index (χ3n) is 4.03. The van der Waals surface area contributed by atoms with Crippen LogP contribution in [0.2, 0.25) is 0 Å². The SMILES string of the molecule is CC1(C)CC(O)(C2(CO)CC(F)(F)C2)C1. The molecule has 2 fully saturated rings. The summed E-state index contributed by atoms with van der Waals surface area (Å²) in [6, 6.07) is 0. The van der Waals surface area contributed by atoms with Gasteiger partial charge in [0.1, 0.15) is 0 Å². The minimum Gasteiger partial charge on any atom is -0.396 e. The van der Waals surface area contributed by atoms with Crippen LogP contribution in [0, 0.1) is 10.8 Å². The van der Waals surface area contributed by atoms with Crippen LogP contribution in [0.15, 0.2) is 0 Å². The van der Waals surface area contributed by atoms with Crippen molar-refractivity contribution in [1.82, 2.24) is 0 Å². The van der Waals surface area contributed by atoms with E-state index in [0.717, 1.165) is 0 Å². The summed E-state index contributed by atoms with van der Waals surface area (Å²) < 4.78 is 25.8. The molecule has 0 unspecified atom stereocenters. The van der Waals surface area contributed by atoms with Crippen LogP contribution in [0.5, 0.6) is 0 Å². The zero-order chi connectivity index (χ0) is 11.5. The van der Waals surface area contributed by atoms with Crippen molar-refractivity contribution in [3.05, 3.63) is 0 Å². The van der Waals surface area contributed by atoms with Crippen LogP contribution in [0.1, 0.15) is 39.5 Å². The van der Waals surface area contributed by atoms with Crippen molar-refractivity contribution in [1.29, 1.82) is 0 Å². The van der Waals surface area contributed by atoms with E-state index >= 15 is 0 Å². The maximum absolute atomic E-state index is 12.9. The first kappa shape index (κ1) is 11.3. The summed E-state index contributed by atoms with van der Waals surface area (Å²) in [7, 11) is 0. The lowest BCUT2D eigenvalue weighted by Crippen LogP contribution is -2.68. The molecule has 0 spiro atoms. The maximum Gasteiger partial charge on any atom is 0.249 e. The van der Waals surface area contributed by atoms with Gasteiger partial charge in [-0.05, 0) is 18.3 Å². The Labute approximate surface area is 88.3 Å². The third kappa shape index (κ3) is 1.49. The number of rotatable bonds is 2. The van der Waals surface area contributed by atoms with Crippen LogP contribution >= 0.6 is 0 Å². The molecule has 2 aliphatic carbocycles. The Hall–Kier alpha value is -0.220. The predicted molar refractivity (Wildman–Crippen MR) is 51.7 cm³/mol. The molecule has 0 aliphatic heterocycles. The van der Waals surface area contributed by atoms with E-state index < -0.39 is 16.9 Å². The Morgan fingerprint density at radius 3 is 1.80 bits per heavy atom. The molecule has 0 aromatic heterocycles. The van der Waals surface area contributed by atoms with Gasteiger partial charge < -0.3 is 10.2 Å². The molecule has 0 aromatic rings. The molecule has 0 amide bonds. The van der Waals surface area contributed by atoms with Crippen LogP contribution in [-0.2, 0) is 0 Å². The maximum atomic E-state index is 12.9. The summed E-state index contributed by atoms with van der Waals surface area (Å²) in [6.07, 6.45) is 0.277. The summed E-state index contributed by atoms with van der Waals surface area (Å²) in [5.74, 6) is -2.70. The fourth-order valence-corrected chi connectivity index (χ4v) is 3.43. The molecule has 2 rings (SSSR count). The highest BCUT2D eigenvalue weighted by molar-refractivity contribution is 5.16. The summed E-state index contributed by atoms with van der Waals surface area (Å²) >= 11 is 0. The van der Waals surface area contributed by atoms with E-state index in [0.29, 0.717) is 12.8 Å². The minimum atomic E-state index is -2.70. The van der Waals surface area contributed by atoms with Crippen molar-refractivity contribution in [3.63, 3.8) is 0 Å². The van der Waals surface area contributed by atoms with Gasteiger partial charge in [-0.2, -0.15) is 0 Å². The topological polar surface area (TPSA) is 40.5 Å². The van der Waals surface area contributed by atoms with Gasteiger partial charge in [-0.1, -0.05) is 13.8 Å². The van der Waals surface area contributed by atoms with E-state index in [9.17, 15) is 19.0 Å². The van der Waals surface area contributed by atoms with E-state index in [1.54, 1.807) is 0 Å². The second-order valence-electron chi connectivity index (χ2n) is 6.20. The van der Waals surface area contributed by atoms with E-state index in [-0.39, 0.29) is 24.9 Å². The average Bonchev–Trinajstić information content (AvgIpc) is 1.94. The van der Waals surface area contributed by atoms with E-state index in [1.807, 2.05) is 13.8 Å². The van der Waals surface area contributed by atoms with Crippen LogP contribution in [0.4, 0.5) is 8.78 Å². The zero-order valence-corrected chi connectivity index (χ0v) is 9.19. The van der Waals surface area contributed by atoms with Crippen molar-refractivity contribution in [3.8, 4) is 0 Å². The van der Waals surface area contributed by atoms with Gasteiger partial charge in [0.15, 0.2) is 0 Å². The second-order valence-corrected chi connectivity index (χ2v) is 6.20. The largest absolute Gasteiger partial charge is 0.396 e. The molecule has 0 heterocycles. The molecular formula is C11H18F2O2. The van der Waals surface area contributed by atoms with E-state index in [1.165, 1.54) is 0 Å². The summed E-state index contributed by atoms with van der Waals surface area (Å²) in [5.41, 5.74) is -2.01. The number of aliphatic hydroxyl groups is 2.